The molecular formula is C20H30FIN6. The molecule has 2 aromatic rings. The minimum absolute atomic E-state index is 0. The van der Waals surface area contributed by atoms with Crippen molar-refractivity contribution in [1.82, 2.24) is 24.9 Å². The Morgan fingerprint density at radius 1 is 1.43 bits per heavy atom. The molecule has 28 heavy (non-hydrogen) atoms. The number of halogens is 2. The summed E-state index contributed by atoms with van der Waals surface area (Å²) in [4.78, 5) is 8.85. The number of hydrogen-bond acceptors (Lipinski definition) is 3. The number of aromatic nitrogens is 2. The molecule has 2 atom stereocenters. The highest BCUT2D eigenvalue weighted by Crippen LogP contribution is 2.27. The Morgan fingerprint density at radius 3 is 2.82 bits per heavy atom. The summed E-state index contributed by atoms with van der Waals surface area (Å²) in [6, 6.07) is 6.87. The number of likely N-dealkylation sites (tertiary alicyclic amines) is 1. The summed E-state index contributed by atoms with van der Waals surface area (Å²) in [5, 5.41) is 7.77. The Morgan fingerprint density at radius 2 is 2.21 bits per heavy atom. The smallest absolute Gasteiger partial charge is 0.193 e. The molecule has 1 saturated heterocycles. The highest BCUT2D eigenvalue weighted by Gasteiger charge is 2.27. The second-order valence-electron chi connectivity index (χ2n) is 7.34. The summed E-state index contributed by atoms with van der Waals surface area (Å²) in [6.45, 7) is 2.56. The van der Waals surface area contributed by atoms with Gasteiger partial charge in [0.2, 0.25) is 0 Å². The number of rotatable bonds is 5. The van der Waals surface area contributed by atoms with E-state index in [1.165, 1.54) is 11.6 Å². The standard InChI is InChI=1S/C20H29FN6.HI/c1-22-20(27-9-8-16(14-27)17-11-24-26(4)13-17)23-12-19(25(2)3)15-6-5-7-18(21)10-15;/h5-7,10-11,13,16,19H,8-9,12,14H2,1-4H3,(H,22,23);1H. The van der Waals surface area contributed by atoms with Crippen LogP contribution in [0, 0.1) is 5.82 Å². The highest BCUT2D eigenvalue weighted by atomic mass is 127. The first-order chi connectivity index (χ1) is 13.0. The fraction of sp³-hybridized carbons (Fsp3) is 0.500. The topological polar surface area (TPSA) is 48.7 Å². The number of guanidine groups is 1. The van der Waals surface area contributed by atoms with Gasteiger partial charge in [-0.05, 0) is 43.8 Å². The van der Waals surface area contributed by atoms with E-state index >= 15 is 0 Å². The van der Waals surface area contributed by atoms with Crippen LogP contribution < -0.4 is 5.32 Å². The van der Waals surface area contributed by atoms with E-state index in [9.17, 15) is 4.39 Å². The number of nitrogens with zero attached hydrogens (tertiary/aromatic N) is 5. The van der Waals surface area contributed by atoms with E-state index in [-0.39, 0.29) is 35.8 Å². The number of aryl methyl sites for hydroxylation is 1. The van der Waals surface area contributed by atoms with Crippen molar-refractivity contribution in [2.24, 2.45) is 12.0 Å². The fourth-order valence-corrected chi connectivity index (χ4v) is 3.71. The van der Waals surface area contributed by atoms with Gasteiger partial charge in [-0.1, -0.05) is 12.1 Å². The number of nitrogens with one attached hydrogen (secondary N) is 1. The third-order valence-electron chi connectivity index (χ3n) is 5.21. The maximum Gasteiger partial charge on any atom is 0.193 e. The first-order valence-electron chi connectivity index (χ1n) is 9.34. The second kappa shape index (κ2) is 10.2. The lowest BCUT2D eigenvalue weighted by molar-refractivity contribution is 0.295. The molecule has 1 aromatic heterocycles. The molecule has 2 heterocycles. The zero-order chi connectivity index (χ0) is 19.4. The molecule has 1 aliphatic rings. The van der Waals surface area contributed by atoms with Crippen LogP contribution in [0.1, 0.15) is 29.5 Å². The molecule has 1 aliphatic heterocycles. The van der Waals surface area contributed by atoms with Crippen molar-refractivity contribution >= 4 is 29.9 Å². The number of aliphatic imine (C=N–C) groups is 1. The Bertz CT molecular complexity index is 791. The molecule has 1 N–H and O–H groups in total. The molecule has 8 heteroatoms. The molecule has 1 aromatic carbocycles. The predicted octanol–water partition coefficient (Wildman–Crippen LogP) is 2.84. The van der Waals surface area contributed by atoms with Gasteiger partial charge in [-0.3, -0.25) is 9.67 Å². The van der Waals surface area contributed by atoms with Crippen LogP contribution in [0.5, 0.6) is 0 Å². The monoisotopic (exact) mass is 500 g/mol. The lowest BCUT2D eigenvalue weighted by Crippen LogP contribution is -2.43. The van der Waals surface area contributed by atoms with Gasteiger partial charge in [-0.15, -0.1) is 24.0 Å². The quantitative estimate of drug-likeness (QED) is 0.390. The van der Waals surface area contributed by atoms with E-state index in [4.69, 9.17) is 0 Å². The van der Waals surface area contributed by atoms with Crippen LogP contribution in [0.2, 0.25) is 0 Å². The zero-order valence-electron chi connectivity index (χ0n) is 17.0. The lowest BCUT2D eigenvalue weighted by Gasteiger charge is -2.28. The molecule has 0 spiro atoms. The van der Waals surface area contributed by atoms with Crippen LogP contribution in [0.15, 0.2) is 41.7 Å². The Hall–Kier alpha value is -1.68. The van der Waals surface area contributed by atoms with Gasteiger partial charge in [-0.25, -0.2) is 4.39 Å². The highest BCUT2D eigenvalue weighted by molar-refractivity contribution is 14.0. The van der Waals surface area contributed by atoms with Gasteiger partial charge in [0.05, 0.1) is 12.2 Å². The molecule has 154 valence electrons. The largest absolute Gasteiger partial charge is 0.354 e. The predicted molar refractivity (Wildman–Crippen MR) is 122 cm³/mol. The van der Waals surface area contributed by atoms with Gasteiger partial charge in [0.15, 0.2) is 5.96 Å². The molecule has 0 amide bonds. The van der Waals surface area contributed by atoms with E-state index in [0.29, 0.717) is 12.5 Å². The van der Waals surface area contributed by atoms with Crippen LogP contribution in [0.25, 0.3) is 0 Å². The summed E-state index contributed by atoms with van der Waals surface area (Å²) in [6.07, 6.45) is 5.14. The Balaban J connectivity index is 0.00000280. The van der Waals surface area contributed by atoms with Gasteiger partial charge in [0, 0.05) is 45.8 Å². The molecule has 2 unspecified atom stereocenters. The summed E-state index contributed by atoms with van der Waals surface area (Å²) < 4.78 is 15.5. The van der Waals surface area contributed by atoms with Crippen molar-refractivity contribution < 1.29 is 4.39 Å². The van der Waals surface area contributed by atoms with Crippen molar-refractivity contribution in [2.75, 3.05) is 40.8 Å². The number of hydrogen-bond donors (Lipinski definition) is 1. The number of likely N-dealkylation sites (N-methyl/N-ethyl adjacent to an activating group) is 1. The van der Waals surface area contributed by atoms with Crippen molar-refractivity contribution in [2.45, 2.75) is 18.4 Å². The van der Waals surface area contributed by atoms with Crippen molar-refractivity contribution in [3.8, 4) is 0 Å². The maximum atomic E-state index is 13.6. The zero-order valence-corrected chi connectivity index (χ0v) is 19.3. The lowest BCUT2D eigenvalue weighted by atomic mass is 10.0. The van der Waals surface area contributed by atoms with Crippen LogP contribution >= 0.6 is 24.0 Å². The Labute approximate surface area is 183 Å². The van der Waals surface area contributed by atoms with Crippen LogP contribution in [-0.2, 0) is 7.05 Å². The molecule has 0 radical (unpaired) electrons. The molecule has 0 aliphatic carbocycles. The first-order valence-corrected chi connectivity index (χ1v) is 9.34. The summed E-state index contributed by atoms with van der Waals surface area (Å²) in [5.74, 6) is 1.16. The number of benzene rings is 1. The maximum absolute atomic E-state index is 13.6. The Kier molecular flexibility index (Phi) is 8.23. The second-order valence-corrected chi connectivity index (χ2v) is 7.34. The molecular weight excluding hydrogens is 470 g/mol. The normalized spacial score (nSPS) is 18.3. The van der Waals surface area contributed by atoms with E-state index < -0.39 is 0 Å². The van der Waals surface area contributed by atoms with E-state index in [2.05, 4.69) is 31.4 Å². The first kappa shape index (κ1) is 22.6. The third-order valence-corrected chi connectivity index (χ3v) is 5.21. The fourth-order valence-electron chi connectivity index (χ4n) is 3.71. The van der Waals surface area contributed by atoms with Crippen LogP contribution in [0.3, 0.4) is 0 Å². The van der Waals surface area contributed by atoms with Crippen LogP contribution in [-0.4, -0.2) is 66.3 Å². The van der Waals surface area contributed by atoms with E-state index in [0.717, 1.165) is 31.0 Å². The van der Waals surface area contributed by atoms with Crippen molar-refractivity contribution in [1.29, 1.82) is 0 Å². The molecule has 3 rings (SSSR count). The van der Waals surface area contributed by atoms with Gasteiger partial charge < -0.3 is 15.1 Å². The molecule has 6 nitrogen and oxygen atoms in total. The molecule has 0 bridgehead atoms. The average Bonchev–Trinajstić information content (AvgIpc) is 3.27. The minimum Gasteiger partial charge on any atom is -0.354 e. The summed E-state index contributed by atoms with van der Waals surface area (Å²) in [5.41, 5.74) is 2.24. The average molecular weight is 500 g/mol. The van der Waals surface area contributed by atoms with Gasteiger partial charge in [0.25, 0.3) is 0 Å². The molecule has 1 fully saturated rings. The van der Waals surface area contributed by atoms with Gasteiger partial charge in [0.1, 0.15) is 5.82 Å². The van der Waals surface area contributed by atoms with E-state index in [1.54, 1.807) is 12.1 Å². The summed E-state index contributed by atoms with van der Waals surface area (Å²) in [7, 11) is 7.78. The van der Waals surface area contributed by atoms with Crippen molar-refractivity contribution in [3.05, 3.63) is 53.6 Å². The van der Waals surface area contributed by atoms with Crippen molar-refractivity contribution in [3.63, 3.8) is 0 Å². The van der Waals surface area contributed by atoms with Gasteiger partial charge >= 0.3 is 0 Å². The van der Waals surface area contributed by atoms with E-state index in [1.807, 2.05) is 45.1 Å². The SMILES string of the molecule is CN=C(NCC(c1cccc(F)c1)N(C)C)N1CCC(c2cnn(C)c2)C1.I. The third kappa shape index (κ3) is 5.44. The van der Waals surface area contributed by atoms with Gasteiger partial charge in [-0.2, -0.15) is 5.10 Å². The van der Waals surface area contributed by atoms with Crippen LogP contribution in [0.4, 0.5) is 4.39 Å². The minimum atomic E-state index is -0.206. The summed E-state index contributed by atoms with van der Waals surface area (Å²) >= 11 is 0. The molecule has 0 saturated carbocycles.